The Morgan fingerprint density at radius 2 is 1.93 bits per heavy atom. The summed E-state index contributed by atoms with van der Waals surface area (Å²) in [5.41, 5.74) is 3.94. The number of hydrogen-bond donors (Lipinski definition) is 0. The van der Waals surface area contributed by atoms with E-state index in [1.54, 1.807) is 6.33 Å². The molecule has 0 N–H and O–H groups in total. The second kappa shape index (κ2) is 4.30. The topological polar surface area (TPSA) is 30.7 Å². The Labute approximate surface area is 103 Å². The lowest BCUT2D eigenvalue weighted by Crippen LogP contribution is -2.04. The number of aromatic nitrogens is 3. The molecule has 15 heavy (non-hydrogen) atoms. The molecule has 0 atom stereocenters. The van der Waals surface area contributed by atoms with Gasteiger partial charge in [0.2, 0.25) is 3.83 Å². The number of halogens is 1. The van der Waals surface area contributed by atoms with Gasteiger partial charge in [0.25, 0.3) is 0 Å². The Balaban J connectivity index is 2.31. The van der Waals surface area contributed by atoms with Crippen molar-refractivity contribution in [2.24, 2.45) is 0 Å². The van der Waals surface area contributed by atoms with Crippen LogP contribution in [0.4, 0.5) is 0 Å². The van der Waals surface area contributed by atoms with Crippen LogP contribution >= 0.6 is 22.6 Å². The van der Waals surface area contributed by atoms with Crippen LogP contribution in [0.15, 0.2) is 24.5 Å². The van der Waals surface area contributed by atoms with E-state index in [9.17, 15) is 0 Å². The number of hydrogen-bond acceptors (Lipinski definition) is 2. The Hall–Kier alpha value is -0.910. The minimum absolute atomic E-state index is 0.791. The van der Waals surface area contributed by atoms with E-state index in [0.717, 1.165) is 10.4 Å². The fourth-order valence-corrected chi connectivity index (χ4v) is 2.01. The highest BCUT2D eigenvalue weighted by molar-refractivity contribution is 14.1. The molecule has 0 amide bonds. The fourth-order valence-electron chi connectivity index (χ4n) is 1.61. The van der Waals surface area contributed by atoms with Crippen molar-refractivity contribution >= 4 is 22.6 Å². The molecule has 0 saturated heterocycles. The van der Waals surface area contributed by atoms with E-state index in [-0.39, 0.29) is 0 Å². The lowest BCUT2D eigenvalue weighted by Gasteiger charge is -2.08. The summed E-state index contributed by atoms with van der Waals surface area (Å²) in [7, 11) is 0. The van der Waals surface area contributed by atoms with Crippen molar-refractivity contribution in [3.63, 3.8) is 0 Å². The zero-order valence-electron chi connectivity index (χ0n) is 8.74. The van der Waals surface area contributed by atoms with Gasteiger partial charge in [0.1, 0.15) is 6.33 Å². The molecule has 4 heteroatoms. The zero-order valence-corrected chi connectivity index (χ0v) is 10.9. The quantitative estimate of drug-likeness (QED) is 0.798. The van der Waals surface area contributed by atoms with E-state index in [4.69, 9.17) is 0 Å². The predicted octanol–water partition coefficient (Wildman–Crippen LogP) is 2.55. The van der Waals surface area contributed by atoms with Gasteiger partial charge in [0.05, 0.1) is 6.54 Å². The highest BCUT2D eigenvalue weighted by atomic mass is 127. The molecule has 2 aromatic rings. The summed E-state index contributed by atoms with van der Waals surface area (Å²) in [6.45, 7) is 5.06. The molecule has 0 bridgehead atoms. The van der Waals surface area contributed by atoms with Crippen molar-refractivity contribution in [3.05, 3.63) is 45.0 Å². The Kier molecular flexibility index (Phi) is 3.04. The van der Waals surface area contributed by atoms with Crippen LogP contribution in [0.5, 0.6) is 0 Å². The van der Waals surface area contributed by atoms with E-state index in [2.05, 4.69) is 64.7 Å². The second-order valence-electron chi connectivity index (χ2n) is 3.58. The highest BCUT2D eigenvalue weighted by Gasteiger charge is 2.04. The summed E-state index contributed by atoms with van der Waals surface area (Å²) < 4.78 is 2.66. The van der Waals surface area contributed by atoms with E-state index < -0.39 is 0 Å². The maximum absolute atomic E-state index is 4.28. The molecule has 0 unspecified atom stereocenters. The molecule has 0 saturated carbocycles. The first-order valence-corrected chi connectivity index (χ1v) is 5.85. The lowest BCUT2D eigenvalue weighted by molar-refractivity contribution is 0.674. The molecule has 3 nitrogen and oxygen atoms in total. The van der Waals surface area contributed by atoms with Crippen LogP contribution < -0.4 is 0 Å². The second-order valence-corrected chi connectivity index (χ2v) is 4.55. The number of rotatable bonds is 2. The molecule has 1 heterocycles. The molecule has 0 aliphatic carbocycles. The zero-order chi connectivity index (χ0) is 10.8. The smallest absolute Gasteiger partial charge is 0.211 e. The first-order valence-electron chi connectivity index (χ1n) is 4.77. The van der Waals surface area contributed by atoms with Crippen LogP contribution in [-0.2, 0) is 6.54 Å². The number of benzene rings is 1. The molecule has 0 fully saturated rings. The Morgan fingerprint density at radius 1 is 1.27 bits per heavy atom. The Morgan fingerprint density at radius 3 is 2.47 bits per heavy atom. The largest absolute Gasteiger partial charge is 0.247 e. The molecule has 1 aromatic heterocycles. The molecular weight excluding hydrogens is 301 g/mol. The molecule has 78 valence electrons. The van der Waals surface area contributed by atoms with Crippen LogP contribution in [0.2, 0.25) is 0 Å². The standard InChI is InChI=1S/C11H12IN3/c1-8-4-3-5-9(2)10(8)6-15-7-13-11(12)14-15/h3-5,7H,6H2,1-2H3. The predicted molar refractivity (Wildman–Crippen MR) is 67.8 cm³/mol. The first-order chi connectivity index (χ1) is 7.16. The monoisotopic (exact) mass is 313 g/mol. The van der Waals surface area contributed by atoms with Crippen molar-refractivity contribution in [1.29, 1.82) is 0 Å². The van der Waals surface area contributed by atoms with E-state index >= 15 is 0 Å². The van der Waals surface area contributed by atoms with Crippen molar-refractivity contribution in [3.8, 4) is 0 Å². The molecular formula is C11H12IN3. The maximum Gasteiger partial charge on any atom is 0.211 e. The van der Waals surface area contributed by atoms with Crippen molar-refractivity contribution < 1.29 is 0 Å². The van der Waals surface area contributed by atoms with Gasteiger partial charge in [0.15, 0.2) is 0 Å². The minimum atomic E-state index is 0.791. The summed E-state index contributed by atoms with van der Waals surface area (Å²) in [6, 6.07) is 6.34. The minimum Gasteiger partial charge on any atom is -0.247 e. The van der Waals surface area contributed by atoms with E-state index in [1.165, 1.54) is 16.7 Å². The van der Waals surface area contributed by atoms with Gasteiger partial charge in [-0.15, -0.1) is 5.10 Å². The van der Waals surface area contributed by atoms with Gasteiger partial charge in [0, 0.05) is 22.6 Å². The van der Waals surface area contributed by atoms with Gasteiger partial charge < -0.3 is 0 Å². The fraction of sp³-hybridized carbons (Fsp3) is 0.273. The third-order valence-corrected chi connectivity index (χ3v) is 2.97. The van der Waals surface area contributed by atoms with Crippen LogP contribution in [-0.4, -0.2) is 14.8 Å². The maximum atomic E-state index is 4.28. The number of aryl methyl sites for hydroxylation is 2. The van der Waals surface area contributed by atoms with E-state index in [0.29, 0.717) is 0 Å². The van der Waals surface area contributed by atoms with Crippen molar-refractivity contribution in [2.45, 2.75) is 20.4 Å². The third-order valence-electron chi connectivity index (χ3n) is 2.47. The summed E-state index contributed by atoms with van der Waals surface area (Å²) in [6.07, 6.45) is 1.77. The number of nitrogens with zero attached hydrogens (tertiary/aromatic N) is 3. The van der Waals surface area contributed by atoms with Gasteiger partial charge in [-0.2, -0.15) is 0 Å². The van der Waals surface area contributed by atoms with Crippen molar-refractivity contribution in [1.82, 2.24) is 14.8 Å². The third kappa shape index (κ3) is 2.37. The van der Waals surface area contributed by atoms with Gasteiger partial charge in [-0.1, -0.05) is 18.2 Å². The molecule has 0 aliphatic heterocycles. The van der Waals surface area contributed by atoms with Crippen LogP contribution in [0, 0.1) is 17.7 Å². The first kappa shape index (κ1) is 10.6. The molecule has 0 aliphatic rings. The molecule has 1 aromatic carbocycles. The van der Waals surface area contributed by atoms with Crippen LogP contribution in [0.25, 0.3) is 0 Å². The highest BCUT2D eigenvalue weighted by Crippen LogP contribution is 2.14. The van der Waals surface area contributed by atoms with Gasteiger partial charge in [-0.25, -0.2) is 9.67 Å². The van der Waals surface area contributed by atoms with Crippen molar-refractivity contribution in [2.75, 3.05) is 0 Å². The summed E-state index contributed by atoms with van der Waals surface area (Å²) in [5.74, 6) is 0. The van der Waals surface area contributed by atoms with Gasteiger partial charge >= 0.3 is 0 Å². The van der Waals surface area contributed by atoms with E-state index in [1.807, 2.05) is 4.68 Å². The average molecular weight is 313 g/mol. The molecule has 0 radical (unpaired) electrons. The van der Waals surface area contributed by atoms with Gasteiger partial charge in [-0.3, -0.25) is 0 Å². The average Bonchev–Trinajstić information content (AvgIpc) is 2.58. The summed E-state index contributed by atoms with van der Waals surface area (Å²) in [4.78, 5) is 4.11. The van der Waals surface area contributed by atoms with Gasteiger partial charge in [-0.05, 0) is 30.5 Å². The lowest BCUT2D eigenvalue weighted by atomic mass is 10.0. The van der Waals surface area contributed by atoms with Crippen LogP contribution in [0.3, 0.4) is 0 Å². The molecule has 0 spiro atoms. The summed E-state index contributed by atoms with van der Waals surface area (Å²) in [5, 5.41) is 4.28. The SMILES string of the molecule is Cc1cccc(C)c1Cn1cnc(I)n1. The van der Waals surface area contributed by atoms with Crippen LogP contribution in [0.1, 0.15) is 16.7 Å². The Bertz CT molecular complexity index is 456. The molecule has 2 rings (SSSR count). The normalized spacial score (nSPS) is 10.6. The summed E-state index contributed by atoms with van der Waals surface area (Å²) >= 11 is 2.12.